The smallest absolute Gasteiger partial charge is 0.270 e. The summed E-state index contributed by atoms with van der Waals surface area (Å²) in [6.07, 6.45) is 1.26. The lowest BCUT2D eigenvalue weighted by molar-refractivity contribution is -0.145. The van der Waals surface area contributed by atoms with Crippen LogP contribution in [-0.2, 0) is 14.3 Å². The molecule has 0 unspecified atom stereocenters. The lowest BCUT2D eigenvalue weighted by Crippen LogP contribution is -2.47. The minimum atomic E-state index is -0.444. The number of fused-ring (bicyclic) bond motifs is 5. The molecule has 3 aliphatic rings. The number of hydrogen-bond donors (Lipinski definition) is 1. The van der Waals surface area contributed by atoms with Gasteiger partial charge in [-0.3, -0.25) is 19.8 Å². The summed E-state index contributed by atoms with van der Waals surface area (Å²) in [6, 6.07) is 7.19. The Morgan fingerprint density at radius 1 is 1.08 bits per heavy atom. The van der Waals surface area contributed by atoms with E-state index >= 15 is 0 Å². The van der Waals surface area contributed by atoms with Gasteiger partial charge in [0.05, 0.1) is 24.0 Å². The minimum Gasteiger partial charge on any atom is -0.373 e. The molecule has 126 valence electrons. The normalized spacial score (nSPS) is 31.0. The third kappa shape index (κ3) is 2.17. The molecule has 1 N–H and O–H groups in total. The summed E-state index contributed by atoms with van der Waals surface area (Å²) in [5, 5.41) is 0.905. The zero-order valence-corrected chi connectivity index (χ0v) is 13.7. The molecule has 0 saturated carbocycles. The summed E-state index contributed by atoms with van der Waals surface area (Å²) in [7, 11) is 0. The Kier molecular flexibility index (Phi) is 3.46. The van der Waals surface area contributed by atoms with Crippen molar-refractivity contribution < 1.29 is 19.1 Å². The first-order chi connectivity index (χ1) is 11.5. The van der Waals surface area contributed by atoms with Crippen LogP contribution in [0.4, 0.5) is 0 Å². The van der Waals surface area contributed by atoms with Crippen molar-refractivity contribution in [2.45, 2.75) is 44.8 Å². The summed E-state index contributed by atoms with van der Waals surface area (Å²) >= 11 is 0. The van der Waals surface area contributed by atoms with Crippen molar-refractivity contribution in [3.8, 4) is 0 Å². The Hall–Kier alpha value is -2.21. The first-order valence-electron chi connectivity index (χ1n) is 8.41. The molecular formula is C18H20N2O4. The number of nitrogens with zero attached hydrogens (tertiary/aromatic N) is 1. The van der Waals surface area contributed by atoms with Crippen LogP contribution in [-0.4, -0.2) is 34.9 Å². The molecule has 3 heterocycles. The number of rotatable bonds is 3. The maximum absolute atomic E-state index is 12.5. The van der Waals surface area contributed by atoms with Crippen molar-refractivity contribution in [2.24, 2.45) is 11.8 Å². The lowest BCUT2D eigenvalue weighted by atomic mass is 9.81. The number of amides is 3. The number of benzene rings is 1. The highest BCUT2D eigenvalue weighted by atomic mass is 16.5. The Morgan fingerprint density at radius 3 is 2.12 bits per heavy atom. The van der Waals surface area contributed by atoms with E-state index in [0.29, 0.717) is 11.5 Å². The van der Waals surface area contributed by atoms with E-state index in [2.05, 4.69) is 19.3 Å². The minimum absolute atomic E-state index is 0.177. The number of imide groups is 1. The molecule has 24 heavy (non-hydrogen) atoms. The highest BCUT2D eigenvalue weighted by Crippen LogP contribution is 2.48. The molecule has 6 nitrogen and oxygen atoms in total. The summed E-state index contributed by atoms with van der Waals surface area (Å²) in [4.78, 5) is 37.4. The van der Waals surface area contributed by atoms with E-state index in [1.54, 1.807) is 12.1 Å². The number of carbonyl (C=O) groups is 3. The number of nitrogens with one attached hydrogen (secondary N) is 1. The van der Waals surface area contributed by atoms with Gasteiger partial charge in [0.25, 0.3) is 17.7 Å². The second-order valence-electron chi connectivity index (χ2n) is 7.07. The van der Waals surface area contributed by atoms with Crippen LogP contribution < -0.4 is 5.43 Å². The Balaban J connectivity index is 1.50. The van der Waals surface area contributed by atoms with E-state index in [1.807, 2.05) is 12.1 Å². The molecule has 6 heteroatoms. The molecule has 0 aliphatic carbocycles. The molecule has 1 aromatic carbocycles. The maximum Gasteiger partial charge on any atom is 0.270 e. The van der Waals surface area contributed by atoms with Crippen LogP contribution >= 0.6 is 0 Å². The number of hydrogen-bond acceptors (Lipinski definition) is 4. The molecule has 3 amide bonds. The molecular weight excluding hydrogens is 308 g/mol. The SMILES string of the molecule is CC(C)c1ccc(C(=O)NN2C(=O)[C@H]3[C@H](C2=O)[C@H]2CC[C@H]3O2)cc1. The van der Waals surface area contributed by atoms with Gasteiger partial charge in [0.1, 0.15) is 0 Å². The van der Waals surface area contributed by atoms with Gasteiger partial charge in [0, 0.05) is 5.56 Å². The summed E-state index contributed by atoms with van der Waals surface area (Å²) in [5.41, 5.74) is 4.04. The molecule has 4 rings (SSSR count). The van der Waals surface area contributed by atoms with Gasteiger partial charge >= 0.3 is 0 Å². The maximum atomic E-state index is 12.5. The average Bonchev–Trinajstić information content (AvgIpc) is 3.24. The number of ether oxygens (including phenoxy) is 1. The highest BCUT2D eigenvalue weighted by molar-refractivity contribution is 6.08. The van der Waals surface area contributed by atoms with Crippen LogP contribution in [0.5, 0.6) is 0 Å². The molecule has 3 saturated heterocycles. The van der Waals surface area contributed by atoms with Gasteiger partial charge in [0.15, 0.2) is 0 Å². The molecule has 0 spiro atoms. The van der Waals surface area contributed by atoms with E-state index in [1.165, 1.54) is 0 Å². The quantitative estimate of drug-likeness (QED) is 0.856. The van der Waals surface area contributed by atoms with Gasteiger partial charge in [-0.15, -0.1) is 0 Å². The zero-order valence-electron chi connectivity index (χ0n) is 13.7. The lowest BCUT2D eigenvalue weighted by Gasteiger charge is -2.18. The molecule has 3 fully saturated rings. The van der Waals surface area contributed by atoms with Gasteiger partial charge in [-0.1, -0.05) is 26.0 Å². The predicted molar refractivity (Wildman–Crippen MR) is 84.7 cm³/mol. The summed E-state index contributed by atoms with van der Waals surface area (Å²) in [5.74, 6) is -1.62. The zero-order chi connectivity index (χ0) is 17.0. The number of carbonyl (C=O) groups excluding carboxylic acids is 3. The van der Waals surface area contributed by atoms with Crippen molar-refractivity contribution in [1.29, 1.82) is 0 Å². The molecule has 0 aromatic heterocycles. The standard InChI is InChI=1S/C18H20N2O4/c1-9(2)10-3-5-11(6-4-10)16(21)19-20-17(22)14-12-7-8-13(24-12)15(14)18(20)23/h3-6,9,12-15H,7-8H2,1-2H3,(H,19,21)/t12-,13-,14-,15-/m1/s1. The van der Waals surface area contributed by atoms with Crippen LogP contribution in [0.25, 0.3) is 0 Å². The van der Waals surface area contributed by atoms with Crippen LogP contribution in [0, 0.1) is 11.8 Å². The first kappa shape index (κ1) is 15.3. The molecule has 0 radical (unpaired) electrons. The topological polar surface area (TPSA) is 75.7 Å². The molecule has 4 atom stereocenters. The van der Waals surface area contributed by atoms with Crippen LogP contribution in [0.1, 0.15) is 48.5 Å². The first-order valence-corrected chi connectivity index (χ1v) is 8.41. The molecule has 2 bridgehead atoms. The van der Waals surface area contributed by atoms with Gasteiger partial charge in [-0.05, 0) is 36.5 Å². The third-order valence-electron chi connectivity index (χ3n) is 5.34. The van der Waals surface area contributed by atoms with E-state index in [0.717, 1.165) is 23.4 Å². The molecule has 3 aliphatic heterocycles. The van der Waals surface area contributed by atoms with Gasteiger partial charge in [0.2, 0.25) is 0 Å². The van der Waals surface area contributed by atoms with Crippen molar-refractivity contribution in [3.63, 3.8) is 0 Å². The largest absolute Gasteiger partial charge is 0.373 e. The van der Waals surface area contributed by atoms with Crippen molar-refractivity contribution in [1.82, 2.24) is 10.4 Å². The summed E-state index contributed by atoms with van der Waals surface area (Å²) < 4.78 is 5.67. The van der Waals surface area contributed by atoms with Crippen LogP contribution in [0.3, 0.4) is 0 Å². The van der Waals surface area contributed by atoms with Gasteiger partial charge in [-0.2, -0.15) is 5.01 Å². The fraction of sp³-hybridized carbons (Fsp3) is 0.500. The van der Waals surface area contributed by atoms with Crippen molar-refractivity contribution in [2.75, 3.05) is 0 Å². The Morgan fingerprint density at radius 2 is 1.62 bits per heavy atom. The fourth-order valence-electron chi connectivity index (χ4n) is 4.01. The second kappa shape index (κ2) is 5.41. The van der Waals surface area contributed by atoms with E-state index in [9.17, 15) is 14.4 Å². The van der Waals surface area contributed by atoms with E-state index in [4.69, 9.17) is 4.74 Å². The van der Waals surface area contributed by atoms with Crippen molar-refractivity contribution >= 4 is 17.7 Å². The van der Waals surface area contributed by atoms with Gasteiger partial charge < -0.3 is 4.74 Å². The number of hydrazine groups is 1. The van der Waals surface area contributed by atoms with Gasteiger partial charge in [-0.25, -0.2) is 0 Å². The second-order valence-corrected chi connectivity index (χ2v) is 7.07. The fourth-order valence-corrected chi connectivity index (χ4v) is 4.01. The van der Waals surface area contributed by atoms with Crippen molar-refractivity contribution in [3.05, 3.63) is 35.4 Å². The molecule has 1 aromatic rings. The Labute approximate surface area is 140 Å². The van der Waals surface area contributed by atoms with E-state index in [-0.39, 0.29) is 24.0 Å². The monoisotopic (exact) mass is 328 g/mol. The summed E-state index contributed by atoms with van der Waals surface area (Å²) in [6.45, 7) is 4.15. The van der Waals surface area contributed by atoms with E-state index < -0.39 is 17.7 Å². The van der Waals surface area contributed by atoms with Crippen LogP contribution in [0.2, 0.25) is 0 Å². The van der Waals surface area contributed by atoms with Crippen LogP contribution in [0.15, 0.2) is 24.3 Å². The average molecular weight is 328 g/mol. The predicted octanol–water partition coefficient (Wildman–Crippen LogP) is 1.62. The highest BCUT2D eigenvalue weighted by Gasteiger charge is 2.62. The third-order valence-corrected chi connectivity index (χ3v) is 5.34. The Bertz CT molecular complexity index is 684.